The molecular formula is C12H21N3O2S. The van der Waals surface area contributed by atoms with Crippen LogP contribution in [0.5, 0.6) is 0 Å². The van der Waals surface area contributed by atoms with Gasteiger partial charge in [-0.05, 0) is 39.2 Å². The third-order valence-corrected chi connectivity index (χ3v) is 4.04. The van der Waals surface area contributed by atoms with E-state index < -0.39 is 10.0 Å². The second kappa shape index (κ2) is 6.72. The van der Waals surface area contributed by atoms with Crippen molar-refractivity contribution in [2.24, 2.45) is 0 Å². The van der Waals surface area contributed by atoms with Crippen molar-refractivity contribution in [3.8, 4) is 0 Å². The average molecular weight is 271 g/mol. The molecule has 0 aliphatic heterocycles. The number of rotatable bonds is 7. The molecule has 1 aromatic carbocycles. The first kappa shape index (κ1) is 14.9. The maximum atomic E-state index is 12.1. The van der Waals surface area contributed by atoms with E-state index in [0.717, 1.165) is 13.0 Å². The van der Waals surface area contributed by atoms with Gasteiger partial charge in [-0.1, -0.05) is 12.1 Å². The van der Waals surface area contributed by atoms with Crippen LogP contribution in [0.3, 0.4) is 0 Å². The van der Waals surface area contributed by atoms with Gasteiger partial charge in [-0.3, -0.25) is 0 Å². The van der Waals surface area contributed by atoms with Crippen molar-refractivity contribution in [3.05, 3.63) is 24.3 Å². The molecule has 0 heterocycles. The minimum absolute atomic E-state index is 0.289. The number of anilines is 1. The molecule has 0 saturated carbocycles. The molecule has 102 valence electrons. The summed E-state index contributed by atoms with van der Waals surface area (Å²) in [6.45, 7) is 1.30. The average Bonchev–Trinajstić information content (AvgIpc) is 2.34. The number of para-hydroxylation sites is 1. The minimum atomic E-state index is -3.43. The van der Waals surface area contributed by atoms with E-state index in [1.165, 1.54) is 0 Å². The predicted octanol–water partition coefficient (Wildman–Crippen LogP) is 0.958. The molecule has 0 amide bonds. The van der Waals surface area contributed by atoms with Crippen LogP contribution in [0, 0.1) is 0 Å². The summed E-state index contributed by atoms with van der Waals surface area (Å²) in [7, 11) is 2.20. The first-order valence-electron chi connectivity index (χ1n) is 5.88. The highest BCUT2D eigenvalue weighted by atomic mass is 32.2. The first-order chi connectivity index (χ1) is 8.47. The van der Waals surface area contributed by atoms with Crippen molar-refractivity contribution in [3.63, 3.8) is 0 Å². The molecular weight excluding hydrogens is 250 g/mol. The number of nitrogens with zero attached hydrogens (tertiary/aromatic N) is 1. The van der Waals surface area contributed by atoms with Crippen LogP contribution in [0.4, 0.5) is 5.69 Å². The smallest absolute Gasteiger partial charge is 0.242 e. The Hall–Kier alpha value is -1.11. The molecule has 0 fully saturated rings. The Morgan fingerprint density at radius 3 is 2.50 bits per heavy atom. The van der Waals surface area contributed by atoms with Crippen LogP contribution in [0.2, 0.25) is 0 Å². The standard InChI is InChI=1S/C12H21N3O2S/c1-13-11-7-4-5-8-12(11)18(16,17)14-9-6-10-15(2)3/h4-5,7-8,13-14H,6,9-10H2,1-3H3. The van der Waals surface area contributed by atoms with Crippen LogP contribution in [0.25, 0.3) is 0 Å². The van der Waals surface area contributed by atoms with Gasteiger partial charge in [0.15, 0.2) is 0 Å². The maximum absolute atomic E-state index is 12.1. The van der Waals surface area contributed by atoms with Crippen LogP contribution in [0.15, 0.2) is 29.2 Å². The molecule has 0 aromatic heterocycles. The largest absolute Gasteiger partial charge is 0.387 e. The molecule has 0 atom stereocenters. The zero-order chi connectivity index (χ0) is 13.6. The molecule has 6 heteroatoms. The van der Waals surface area contributed by atoms with Gasteiger partial charge in [-0.2, -0.15) is 0 Å². The lowest BCUT2D eigenvalue weighted by Gasteiger charge is -2.12. The number of sulfonamides is 1. The van der Waals surface area contributed by atoms with Crippen LogP contribution in [0.1, 0.15) is 6.42 Å². The molecule has 0 unspecified atom stereocenters. The number of benzene rings is 1. The molecule has 1 aromatic rings. The van der Waals surface area contributed by atoms with Gasteiger partial charge in [0.1, 0.15) is 4.90 Å². The van der Waals surface area contributed by atoms with Crippen LogP contribution >= 0.6 is 0 Å². The maximum Gasteiger partial charge on any atom is 0.242 e. The van der Waals surface area contributed by atoms with Gasteiger partial charge in [-0.25, -0.2) is 13.1 Å². The lowest BCUT2D eigenvalue weighted by atomic mass is 10.3. The molecule has 5 nitrogen and oxygen atoms in total. The summed E-state index contributed by atoms with van der Waals surface area (Å²) in [5, 5.41) is 2.88. The van der Waals surface area contributed by atoms with E-state index in [4.69, 9.17) is 0 Å². The van der Waals surface area contributed by atoms with Gasteiger partial charge >= 0.3 is 0 Å². The second-order valence-electron chi connectivity index (χ2n) is 4.30. The lowest BCUT2D eigenvalue weighted by Crippen LogP contribution is -2.27. The fraction of sp³-hybridized carbons (Fsp3) is 0.500. The van der Waals surface area contributed by atoms with E-state index in [9.17, 15) is 8.42 Å². The van der Waals surface area contributed by atoms with Gasteiger partial charge in [-0.15, -0.1) is 0 Å². The quantitative estimate of drug-likeness (QED) is 0.725. The van der Waals surface area contributed by atoms with Gasteiger partial charge < -0.3 is 10.2 Å². The molecule has 0 saturated heterocycles. The number of hydrogen-bond donors (Lipinski definition) is 2. The van der Waals surface area contributed by atoms with Crippen LogP contribution in [-0.4, -0.2) is 47.6 Å². The van der Waals surface area contributed by atoms with E-state index in [0.29, 0.717) is 12.2 Å². The molecule has 1 rings (SSSR count). The van der Waals surface area contributed by atoms with Gasteiger partial charge in [0, 0.05) is 13.6 Å². The number of nitrogens with one attached hydrogen (secondary N) is 2. The van der Waals surface area contributed by atoms with Crippen molar-refractivity contribution < 1.29 is 8.42 Å². The summed E-state index contributed by atoms with van der Waals surface area (Å²) in [5.74, 6) is 0. The SMILES string of the molecule is CNc1ccccc1S(=O)(=O)NCCCN(C)C. The molecule has 0 aliphatic rings. The monoisotopic (exact) mass is 271 g/mol. The molecule has 18 heavy (non-hydrogen) atoms. The highest BCUT2D eigenvalue weighted by Crippen LogP contribution is 2.19. The first-order valence-corrected chi connectivity index (χ1v) is 7.37. The Morgan fingerprint density at radius 1 is 1.22 bits per heavy atom. The Bertz CT molecular complexity index is 472. The Labute approximate surface area is 109 Å². The molecule has 2 N–H and O–H groups in total. The summed E-state index contributed by atoms with van der Waals surface area (Å²) in [5.41, 5.74) is 0.609. The topological polar surface area (TPSA) is 61.4 Å². The fourth-order valence-corrected chi connectivity index (χ4v) is 2.87. The molecule has 0 bridgehead atoms. The molecule has 0 spiro atoms. The van der Waals surface area contributed by atoms with Crippen LogP contribution in [-0.2, 0) is 10.0 Å². The van der Waals surface area contributed by atoms with Crippen molar-refractivity contribution in [2.75, 3.05) is 39.5 Å². The number of hydrogen-bond acceptors (Lipinski definition) is 4. The lowest BCUT2D eigenvalue weighted by molar-refractivity contribution is 0.400. The van der Waals surface area contributed by atoms with Gasteiger partial charge in [0.2, 0.25) is 10.0 Å². The Balaban J connectivity index is 2.68. The minimum Gasteiger partial charge on any atom is -0.387 e. The zero-order valence-electron chi connectivity index (χ0n) is 11.1. The third kappa shape index (κ3) is 4.29. The van der Waals surface area contributed by atoms with E-state index in [1.807, 2.05) is 19.0 Å². The summed E-state index contributed by atoms with van der Waals surface area (Å²) in [6, 6.07) is 6.86. The van der Waals surface area contributed by atoms with Crippen LogP contribution < -0.4 is 10.0 Å². The van der Waals surface area contributed by atoms with Crippen molar-refractivity contribution in [2.45, 2.75) is 11.3 Å². The second-order valence-corrected chi connectivity index (χ2v) is 6.04. The van der Waals surface area contributed by atoms with E-state index in [1.54, 1.807) is 31.3 Å². The third-order valence-electron chi connectivity index (χ3n) is 2.52. The Kier molecular flexibility index (Phi) is 5.58. The predicted molar refractivity (Wildman–Crippen MR) is 74.3 cm³/mol. The summed E-state index contributed by atoms with van der Waals surface area (Å²) >= 11 is 0. The van der Waals surface area contributed by atoms with Gasteiger partial charge in [0.25, 0.3) is 0 Å². The van der Waals surface area contributed by atoms with Crippen molar-refractivity contribution >= 4 is 15.7 Å². The summed E-state index contributed by atoms with van der Waals surface area (Å²) < 4.78 is 26.8. The molecule has 0 aliphatic carbocycles. The summed E-state index contributed by atoms with van der Waals surface area (Å²) in [4.78, 5) is 2.31. The van der Waals surface area contributed by atoms with Crippen molar-refractivity contribution in [1.82, 2.24) is 9.62 Å². The normalized spacial score (nSPS) is 11.8. The highest BCUT2D eigenvalue weighted by molar-refractivity contribution is 7.89. The summed E-state index contributed by atoms with van der Waals surface area (Å²) in [6.07, 6.45) is 0.786. The van der Waals surface area contributed by atoms with E-state index in [-0.39, 0.29) is 4.90 Å². The Morgan fingerprint density at radius 2 is 1.89 bits per heavy atom. The highest BCUT2D eigenvalue weighted by Gasteiger charge is 2.16. The van der Waals surface area contributed by atoms with Crippen molar-refractivity contribution in [1.29, 1.82) is 0 Å². The van der Waals surface area contributed by atoms with Gasteiger partial charge in [0.05, 0.1) is 5.69 Å². The zero-order valence-corrected chi connectivity index (χ0v) is 11.9. The fourth-order valence-electron chi connectivity index (χ4n) is 1.59. The van der Waals surface area contributed by atoms with E-state index >= 15 is 0 Å². The molecule has 0 radical (unpaired) electrons. The van der Waals surface area contributed by atoms with E-state index in [2.05, 4.69) is 10.0 Å².